The van der Waals surface area contributed by atoms with Crippen LogP contribution in [0.15, 0.2) is 30.4 Å². The third-order valence-corrected chi connectivity index (χ3v) is 7.16. The molecule has 0 bridgehead atoms. The van der Waals surface area contributed by atoms with Gasteiger partial charge in [0.2, 0.25) is 0 Å². The second-order valence-electron chi connectivity index (χ2n) is 9.89. The average Bonchev–Trinajstić information content (AvgIpc) is 3.08. The van der Waals surface area contributed by atoms with Crippen LogP contribution in [0.4, 0.5) is 0 Å². The van der Waals surface area contributed by atoms with E-state index in [2.05, 4.69) is 38.3 Å². The number of aryl methyl sites for hydroxylation is 1. The molecule has 2 unspecified atom stereocenters. The van der Waals surface area contributed by atoms with Crippen molar-refractivity contribution in [3.05, 3.63) is 47.1 Å². The van der Waals surface area contributed by atoms with E-state index in [0.29, 0.717) is 18.6 Å². The van der Waals surface area contributed by atoms with E-state index in [9.17, 15) is 4.79 Å². The highest BCUT2D eigenvalue weighted by Gasteiger charge is 2.42. The number of carbonyl (C=O) groups excluding carboxylic acids is 1. The molecule has 188 valence electrons. The lowest BCUT2D eigenvalue weighted by atomic mass is 9.94. The molecule has 0 spiro atoms. The van der Waals surface area contributed by atoms with Crippen molar-refractivity contribution < 1.29 is 23.7 Å². The Labute approximate surface area is 209 Å². The van der Waals surface area contributed by atoms with Crippen LogP contribution in [0.25, 0.3) is 6.08 Å². The molecule has 1 aromatic carbocycles. The fourth-order valence-electron chi connectivity index (χ4n) is 4.44. The number of cyclic esters (lactones) is 1. The summed E-state index contributed by atoms with van der Waals surface area (Å²) in [5.74, 6) is 1.14. The fraction of sp³-hybridized carbons (Fsp3) is 0.607. The van der Waals surface area contributed by atoms with Crippen molar-refractivity contribution >= 4 is 23.8 Å². The molecule has 2 aliphatic heterocycles. The van der Waals surface area contributed by atoms with Crippen LogP contribution in [0.3, 0.4) is 0 Å². The summed E-state index contributed by atoms with van der Waals surface area (Å²) in [6.45, 7) is 12.7. The fourth-order valence-corrected chi connectivity index (χ4v) is 4.85. The van der Waals surface area contributed by atoms with Crippen molar-refractivity contribution in [1.82, 2.24) is 0 Å². The molecule has 1 saturated heterocycles. The SMILES string of the molecule is CSCCCOc1cc(C)c2c(c1)/C=C/C[C@@H]1OC(C)(C)OC1C(C)/C=C\[C@@H](C)[C@H](C)OC2=O. The monoisotopic (exact) mass is 488 g/mol. The molecule has 2 aliphatic rings. The molecular weight excluding hydrogens is 448 g/mol. The molecular formula is C28H40O5S. The molecule has 5 nitrogen and oxygen atoms in total. The Balaban J connectivity index is 1.95. The zero-order valence-corrected chi connectivity index (χ0v) is 22.4. The number of fused-ring (bicyclic) bond motifs is 2. The van der Waals surface area contributed by atoms with Crippen LogP contribution >= 0.6 is 11.8 Å². The lowest BCUT2D eigenvalue weighted by molar-refractivity contribution is -0.148. The number of thioether (sulfide) groups is 1. The van der Waals surface area contributed by atoms with Gasteiger partial charge in [0, 0.05) is 11.8 Å². The van der Waals surface area contributed by atoms with Crippen LogP contribution in [0.2, 0.25) is 0 Å². The molecule has 0 aromatic heterocycles. The van der Waals surface area contributed by atoms with E-state index in [-0.39, 0.29) is 36.1 Å². The molecule has 1 fully saturated rings. The van der Waals surface area contributed by atoms with Crippen LogP contribution in [0, 0.1) is 18.8 Å². The Kier molecular flexibility index (Phi) is 9.30. The minimum absolute atomic E-state index is 0.0452. The summed E-state index contributed by atoms with van der Waals surface area (Å²) in [4.78, 5) is 13.2. The highest BCUT2D eigenvalue weighted by Crippen LogP contribution is 2.35. The van der Waals surface area contributed by atoms with Gasteiger partial charge < -0.3 is 18.9 Å². The summed E-state index contributed by atoms with van der Waals surface area (Å²) < 4.78 is 24.4. The van der Waals surface area contributed by atoms with Gasteiger partial charge in [-0.3, -0.25) is 0 Å². The lowest BCUT2D eigenvalue weighted by Crippen LogP contribution is -2.29. The summed E-state index contributed by atoms with van der Waals surface area (Å²) in [6.07, 6.45) is 11.7. The second kappa shape index (κ2) is 11.8. The second-order valence-corrected chi connectivity index (χ2v) is 10.9. The average molecular weight is 489 g/mol. The maximum Gasteiger partial charge on any atom is 0.339 e. The third-order valence-electron chi connectivity index (χ3n) is 6.46. The molecule has 2 heterocycles. The van der Waals surface area contributed by atoms with Crippen molar-refractivity contribution in [3.63, 3.8) is 0 Å². The van der Waals surface area contributed by atoms with E-state index in [1.807, 2.05) is 57.7 Å². The van der Waals surface area contributed by atoms with Gasteiger partial charge in [0.1, 0.15) is 11.9 Å². The first-order valence-corrected chi connectivity index (χ1v) is 13.7. The van der Waals surface area contributed by atoms with Gasteiger partial charge >= 0.3 is 5.97 Å². The van der Waals surface area contributed by atoms with Crippen LogP contribution in [-0.4, -0.2) is 48.7 Å². The van der Waals surface area contributed by atoms with Gasteiger partial charge in [-0.2, -0.15) is 11.8 Å². The number of benzene rings is 1. The van der Waals surface area contributed by atoms with E-state index < -0.39 is 5.79 Å². The van der Waals surface area contributed by atoms with Gasteiger partial charge in [-0.05, 0) is 75.8 Å². The molecule has 0 radical (unpaired) electrons. The van der Waals surface area contributed by atoms with Crippen molar-refractivity contribution in [2.24, 2.45) is 11.8 Å². The van der Waals surface area contributed by atoms with Crippen molar-refractivity contribution in [2.45, 2.75) is 78.5 Å². The van der Waals surface area contributed by atoms with Crippen molar-refractivity contribution in [1.29, 1.82) is 0 Å². The Morgan fingerprint density at radius 3 is 2.59 bits per heavy atom. The van der Waals surface area contributed by atoms with E-state index in [4.69, 9.17) is 18.9 Å². The first-order valence-electron chi connectivity index (χ1n) is 12.3. The van der Waals surface area contributed by atoms with Gasteiger partial charge in [-0.1, -0.05) is 38.2 Å². The van der Waals surface area contributed by atoms with Crippen LogP contribution in [-0.2, 0) is 14.2 Å². The molecule has 34 heavy (non-hydrogen) atoms. The number of carbonyl (C=O) groups is 1. The number of rotatable bonds is 5. The first-order chi connectivity index (χ1) is 16.1. The molecule has 5 atom stereocenters. The standard InChI is InChI=1S/C28H40O5S/c1-18-12-13-19(2)26-24(32-28(5,6)33-26)11-8-10-22-17-23(30-14-9-15-34-7)16-20(3)25(22)27(29)31-21(18)4/h8,10,12-13,16-19,21,24,26H,9,11,14-15H2,1-7H3/b10-8+,13-12-/t18-,19?,21+,24+,26?/m1/s1. The minimum atomic E-state index is -0.622. The first kappa shape index (κ1) is 26.8. The molecule has 3 rings (SSSR count). The van der Waals surface area contributed by atoms with Crippen LogP contribution in [0.1, 0.15) is 68.9 Å². The van der Waals surface area contributed by atoms with Gasteiger partial charge in [-0.25, -0.2) is 4.79 Å². The van der Waals surface area contributed by atoms with Crippen LogP contribution in [0.5, 0.6) is 5.75 Å². The predicted octanol–water partition coefficient (Wildman–Crippen LogP) is 6.44. The van der Waals surface area contributed by atoms with Gasteiger partial charge in [0.05, 0.1) is 24.4 Å². The molecule has 6 heteroatoms. The number of ether oxygens (including phenoxy) is 4. The van der Waals surface area contributed by atoms with E-state index in [1.165, 1.54) is 0 Å². The summed E-state index contributed by atoms with van der Waals surface area (Å²) in [5, 5.41) is 0. The Hall–Kier alpha value is -1.76. The predicted molar refractivity (Wildman–Crippen MR) is 139 cm³/mol. The Morgan fingerprint density at radius 2 is 1.85 bits per heavy atom. The highest BCUT2D eigenvalue weighted by molar-refractivity contribution is 7.98. The number of hydrogen-bond acceptors (Lipinski definition) is 6. The van der Waals surface area contributed by atoms with Gasteiger partial charge in [0.25, 0.3) is 0 Å². The van der Waals surface area contributed by atoms with E-state index >= 15 is 0 Å². The molecule has 0 saturated carbocycles. The zero-order valence-electron chi connectivity index (χ0n) is 21.6. The number of hydrogen-bond donors (Lipinski definition) is 0. The van der Waals surface area contributed by atoms with Gasteiger partial charge in [0.15, 0.2) is 5.79 Å². The maximum absolute atomic E-state index is 13.2. The molecule has 0 amide bonds. The van der Waals surface area contributed by atoms with E-state index in [0.717, 1.165) is 29.1 Å². The summed E-state index contributed by atoms with van der Waals surface area (Å²) in [5.41, 5.74) is 2.24. The topological polar surface area (TPSA) is 54.0 Å². The van der Waals surface area contributed by atoms with Gasteiger partial charge in [-0.15, -0.1) is 0 Å². The summed E-state index contributed by atoms with van der Waals surface area (Å²) in [6, 6.07) is 3.87. The summed E-state index contributed by atoms with van der Waals surface area (Å²) >= 11 is 1.81. The number of esters is 1. The molecule has 0 N–H and O–H groups in total. The highest BCUT2D eigenvalue weighted by atomic mass is 32.2. The largest absolute Gasteiger partial charge is 0.494 e. The summed E-state index contributed by atoms with van der Waals surface area (Å²) in [7, 11) is 0. The Bertz CT molecular complexity index is 906. The quantitative estimate of drug-likeness (QED) is 0.270. The van der Waals surface area contributed by atoms with Crippen LogP contribution < -0.4 is 4.74 Å². The molecule has 1 aromatic rings. The Morgan fingerprint density at radius 1 is 1.12 bits per heavy atom. The normalized spacial score (nSPS) is 31.0. The zero-order chi connectivity index (χ0) is 24.9. The lowest BCUT2D eigenvalue weighted by Gasteiger charge is -2.23. The maximum atomic E-state index is 13.2. The van der Waals surface area contributed by atoms with E-state index in [1.54, 1.807) is 0 Å². The third kappa shape index (κ3) is 6.89. The smallest absolute Gasteiger partial charge is 0.339 e. The van der Waals surface area contributed by atoms with Crippen molar-refractivity contribution in [3.8, 4) is 5.75 Å². The van der Waals surface area contributed by atoms with Crippen molar-refractivity contribution in [2.75, 3.05) is 18.6 Å². The molecule has 0 aliphatic carbocycles. The minimum Gasteiger partial charge on any atom is -0.494 e.